The summed E-state index contributed by atoms with van der Waals surface area (Å²) in [5.74, 6) is 0. The summed E-state index contributed by atoms with van der Waals surface area (Å²) < 4.78 is 0. The summed E-state index contributed by atoms with van der Waals surface area (Å²) in [5.41, 5.74) is 3.64. The van der Waals surface area contributed by atoms with Crippen LogP contribution in [0.2, 0.25) is 0 Å². The third-order valence-corrected chi connectivity index (χ3v) is 3.53. The van der Waals surface area contributed by atoms with Crippen molar-refractivity contribution in [1.29, 1.82) is 0 Å². The fourth-order valence-electron chi connectivity index (χ4n) is 2.79. The molecule has 2 aliphatic rings. The maximum atomic E-state index is 10.3. The monoisotopic (exact) mass is 201 g/mol. The molecule has 2 atom stereocenters. The van der Waals surface area contributed by atoms with E-state index in [1.165, 1.54) is 11.1 Å². The summed E-state index contributed by atoms with van der Waals surface area (Å²) in [5, 5.41) is 10.3. The topological polar surface area (TPSA) is 23.5 Å². The van der Waals surface area contributed by atoms with Crippen LogP contribution < -0.4 is 0 Å². The first-order valence-electron chi connectivity index (χ1n) is 5.46. The fourth-order valence-corrected chi connectivity index (χ4v) is 2.79. The standard InChI is InChI=1S/C13H15NO/c1-14-8-4-7-10-9-5-2-3-6-11(9)13(15)12(10)14/h2-3,5-7,12-13,15H,4,8H2,1H3. The van der Waals surface area contributed by atoms with Crippen LogP contribution in [-0.4, -0.2) is 29.6 Å². The van der Waals surface area contributed by atoms with Crippen LogP contribution in [0.5, 0.6) is 0 Å². The Bertz CT molecular complexity index is 424. The first-order chi connectivity index (χ1) is 7.29. The lowest BCUT2D eigenvalue weighted by molar-refractivity contribution is 0.0980. The highest BCUT2D eigenvalue weighted by Gasteiger charge is 2.38. The first kappa shape index (κ1) is 9.13. The molecule has 1 N–H and O–H groups in total. The van der Waals surface area contributed by atoms with Crippen LogP contribution >= 0.6 is 0 Å². The Kier molecular flexibility index (Phi) is 1.94. The number of fused-ring (bicyclic) bond motifs is 3. The maximum Gasteiger partial charge on any atom is 0.0992 e. The number of likely N-dealkylation sites (N-methyl/N-ethyl adjacent to an activating group) is 1. The highest BCUT2D eigenvalue weighted by atomic mass is 16.3. The van der Waals surface area contributed by atoms with Gasteiger partial charge in [0.2, 0.25) is 0 Å². The number of hydrogen-bond donors (Lipinski definition) is 1. The molecule has 3 rings (SSSR count). The zero-order chi connectivity index (χ0) is 10.4. The summed E-state index contributed by atoms with van der Waals surface area (Å²) in [6.07, 6.45) is 3.01. The Morgan fingerprint density at radius 1 is 1.33 bits per heavy atom. The molecule has 2 nitrogen and oxygen atoms in total. The Balaban J connectivity index is 2.17. The molecule has 0 aromatic heterocycles. The van der Waals surface area contributed by atoms with E-state index in [2.05, 4.69) is 24.1 Å². The molecule has 0 amide bonds. The number of benzene rings is 1. The van der Waals surface area contributed by atoms with Gasteiger partial charge in [-0.1, -0.05) is 30.3 Å². The first-order valence-corrected chi connectivity index (χ1v) is 5.46. The lowest BCUT2D eigenvalue weighted by atomic mass is 10.00. The number of rotatable bonds is 0. The van der Waals surface area contributed by atoms with Gasteiger partial charge in [-0.15, -0.1) is 0 Å². The summed E-state index contributed by atoms with van der Waals surface area (Å²) >= 11 is 0. The van der Waals surface area contributed by atoms with E-state index in [0.717, 1.165) is 18.5 Å². The molecule has 0 saturated carbocycles. The van der Waals surface area contributed by atoms with Gasteiger partial charge in [-0.25, -0.2) is 0 Å². The van der Waals surface area contributed by atoms with E-state index in [9.17, 15) is 5.11 Å². The van der Waals surface area contributed by atoms with Crippen molar-refractivity contribution in [2.75, 3.05) is 13.6 Å². The summed E-state index contributed by atoms with van der Waals surface area (Å²) in [6.45, 7) is 1.04. The molecule has 2 heteroatoms. The molecule has 0 saturated heterocycles. The quantitative estimate of drug-likeness (QED) is 0.692. The molecule has 0 bridgehead atoms. The van der Waals surface area contributed by atoms with Crippen LogP contribution in [0.3, 0.4) is 0 Å². The molecule has 0 radical (unpaired) electrons. The Hall–Kier alpha value is -1.12. The molecule has 2 unspecified atom stereocenters. The van der Waals surface area contributed by atoms with Crippen molar-refractivity contribution in [3.8, 4) is 0 Å². The van der Waals surface area contributed by atoms with Crippen molar-refractivity contribution in [3.63, 3.8) is 0 Å². The van der Waals surface area contributed by atoms with Crippen LogP contribution in [0.15, 0.2) is 30.3 Å². The number of nitrogens with zero attached hydrogens (tertiary/aromatic N) is 1. The van der Waals surface area contributed by atoms with Gasteiger partial charge in [-0.05, 0) is 30.2 Å². The fraction of sp³-hybridized carbons (Fsp3) is 0.385. The molecule has 1 aromatic carbocycles. The normalized spacial score (nSPS) is 29.6. The van der Waals surface area contributed by atoms with E-state index in [4.69, 9.17) is 0 Å². The van der Waals surface area contributed by atoms with Crippen molar-refractivity contribution in [2.24, 2.45) is 0 Å². The van der Waals surface area contributed by atoms with Gasteiger partial charge in [0, 0.05) is 6.54 Å². The highest BCUT2D eigenvalue weighted by Crippen LogP contribution is 2.43. The average Bonchev–Trinajstić information content (AvgIpc) is 2.55. The molecular weight excluding hydrogens is 186 g/mol. The minimum atomic E-state index is -0.349. The van der Waals surface area contributed by atoms with E-state index in [-0.39, 0.29) is 12.1 Å². The molecule has 1 aromatic rings. The molecule has 1 heterocycles. The molecule has 15 heavy (non-hydrogen) atoms. The van der Waals surface area contributed by atoms with E-state index in [1.807, 2.05) is 18.2 Å². The SMILES string of the molecule is CN1CCC=C2c3ccccc3C(O)C21. The predicted octanol–water partition coefficient (Wildman–Crippen LogP) is 1.82. The molecule has 78 valence electrons. The minimum absolute atomic E-state index is 0.177. The molecule has 1 aliphatic carbocycles. The van der Waals surface area contributed by atoms with Crippen molar-refractivity contribution < 1.29 is 5.11 Å². The van der Waals surface area contributed by atoms with Gasteiger partial charge in [0.1, 0.15) is 0 Å². The third-order valence-electron chi connectivity index (χ3n) is 3.53. The highest BCUT2D eigenvalue weighted by molar-refractivity contribution is 5.78. The number of aliphatic hydroxyl groups is 1. The summed E-state index contributed by atoms with van der Waals surface area (Å²) in [7, 11) is 2.09. The second-order valence-electron chi connectivity index (χ2n) is 4.41. The zero-order valence-corrected chi connectivity index (χ0v) is 8.85. The van der Waals surface area contributed by atoms with E-state index in [1.54, 1.807) is 0 Å². The van der Waals surface area contributed by atoms with E-state index >= 15 is 0 Å². The van der Waals surface area contributed by atoms with Crippen LogP contribution in [0, 0.1) is 0 Å². The second kappa shape index (κ2) is 3.19. The van der Waals surface area contributed by atoms with Crippen LogP contribution in [0.1, 0.15) is 23.7 Å². The Morgan fingerprint density at radius 2 is 2.13 bits per heavy atom. The third kappa shape index (κ3) is 1.18. The van der Waals surface area contributed by atoms with Gasteiger partial charge in [0.05, 0.1) is 12.1 Å². The van der Waals surface area contributed by atoms with Crippen molar-refractivity contribution in [1.82, 2.24) is 4.90 Å². The number of aliphatic hydroxyl groups excluding tert-OH is 1. The van der Waals surface area contributed by atoms with Gasteiger partial charge in [0.25, 0.3) is 0 Å². The predicted molar refractivity (Wildman–Crippen MR) is 60.4 cm³/mol. The van der Waals surface area contributed by atoms with Gasteiger partial charge in [-0.3, -0.25) is 4.90 Å². The second-order valence-corrected chi connectivity index (χ2v) is 4.41. The van der Waals surface area contributed by atoms with Crippen LogP contribution in [0.4, 0.5) is 0 Å². The smallest absolute Gasteiger partial charge is 0.0992 e. The van der Waals surface area contributed by atoms with Crippen molar-refractivity contribution in [3.05, 3.63) is 41.5 Å². The summed E-state index contributed by atoms with van der Waals surface area (Å²) in [4.78, 5) is 2.25. The molecule has 0 fully saturated rings. The lowest BCUT2D eigenvalue weighted by Gasteiger charge is -2.31. The van der Waals surface area contributed by atoms with Gasteiger partial charge in [0.15, 0.2) is 0 Å². The Labute approximate surface area is 89.8 Å². The summed E-state index contributed by atoms with van der Waals surface area (Å²) in [6, 6.07) is 8.37. The lowest BCUT2D eigenvalue weighted by Crippen LogP contribution is -2.37. The van der Waals surface area contributed by atoms with Crippen LogP contribution in [0.25, 0.3) is 5.57 Å². The van der Waals surface area contributed by atoms with Crippen molar-refractivity contribution >= 4 is 5.57 Å². The average molecular weight is 201 g/mol. The number of hydrogen-bond acceptors (Lipinski definition) is 2. The zero-order valence-electron chi connectivity index (χ0n) is 8.85. The maximum absolute atomic E-state index is 10.3. The minimum Gasteiger partial charge on any atom is -0.386 e. The van der Waals surface area contributed by atoms with E-state index < -0.39 is 0 Å². The van der Waals surface area contributed by atoms with Gasteiger partial charge < -0.3 is 5.11 Å². The van der Waals surface area contributed by atoms with Crippen LogP contribution in [-0.2, 0) is 0 Å². The van der Waals surface area contributed by atoms with Crippen molar-refractivity contribution in [2.45, 2.75) is 18.6 Å². The van der Waals surface area contributed by atoms with Gasteiger partial charge in [-0.2, -0.15) is 0 Å². The molecule has 1 aliphatic heterocycles. The molecule has 0 spiro atoms. The Morgan fingerprint density at radius 3 is 3.00 bits per heavy atom. The molecular formula is C13H15NO. The van der Waals surface area contributed by atoms with Gasteiger partial charge >= 0.3 is 0 Å². The van der Waals surface area contributed by atoms with E-state index in [0.29, 0.717) is 0 Å². The largest absolute Gasteiger partial charge is 0.386 e.